The third-order valence-corrected chi connectivity index (χ3v) is 4.17. The van der Waals surface area contributed by atoms with Crippen molar-refractivity contribution in [3.63, 3.8) is 0 Å². The van der Waals surface area contributed by atoms with Crippen LogP contribution in [-0.2, 0) is 11.3 Å². The van der Waals surface area contributed by atoms with Crippen LogP contribution in [0.1, 0.15) is 40.5 Å². The van der Waals surface area contributed by atoms with Crippen molar-refractivity contribution in [2.45, 2.75) is 70.9 Å². The smallest absolute Gasteiger partial charge is 0.407 e. The molecule has 0 radical (unpaired) electrons. The van der Waals surface area contributed by atoms with Gasteiger partial charge < -0.3 is 20.5 Å². The van der Waals surface area contributed by atoms with Crippen molar-refractivity contribution >= 4 is 6.09 Å². The Hall–Kier alpha value is -1.60. The molecule has 0 aliphatic heterocycles. The predicted octanol–water partition coefficient (Wildman–Crippen LogP) is 1.53. The normalized spacial score (nSPS) is 25.5. The molecule has 3 N–H and O–H groups in total. The van der Waals surface area contributed by atoms with Crippen LogP contribution in [0.15, 0.2) is 18.5 Å². The first kappa shape index (κ1) is 18.7. The van der Waals surface area contributed by atoms with Gasteiger partial charge in [-0.2, -0.15) is 5.10 Å². The van der Waals surface area contributed by atoms with Gasteiger partial charge in [0.05, 0.1) is 12.6 Å². The lowest BCUT2D eigenvalue weighted by Gasteiger charge is -2.25. The Balaban J connectivity index is 1.73. The van der Waals surface area contributed by atoms with Gasteiger partial charge in [0.1, 0.15) is 5.60 Å². The minimum Gasteiger partial charge on any atom is -0.444 e. The average Bonchev–Trinajstić information content (AvgIpc) is 3.07. The minimum atomic E-state index is -0.510. The molecule has 1 saturated carbocycles. The Bertz CT molecular complexity index is 512. The minimum absolute atomic E-state index is 0.0426. The van der Waals surface area contributed by atoms with Crippen LogP contribution < -0.4 is 10.6 Å². The summed E-state index contributed by atoms with van der Waals surface area (Å²) in [7, 11) is 0. The van der Waals surface area contributed by atoms with E-state index in [1.807, 2.05) is 37.7 Å². The van der Waals surface area contributed by atoms with Gasteiger partial charge in [-0.25, -0.2) is 4.79 Å². The number of aliphatic hydroxyl groups excluding tert-OH is 1. The number of aromatic nitrogens is 2. The van der Waals surface area contributed by atoms with Crippen LogP contribution in [0.4, 0.5) is 4.79 Å². The first-order valence-electron chi connectivity index (χ1n) is 8.63. The highest BCUT2D eigenvalue weighted by atomic mass is 16.6. The molecule has 7 heteroatoms. The number of nitrogens with one attached hydrogen (secondary N) is 2. The van der Waals surface area contributed by atoms with E-state index in [9.17, 15) is 9.90 Å². The van der Waals surface area contributed by atoms with Gasteiger partial charge in [-0.3, -0.25) is 4.68 Å². The zero-order valence-electron chi connectivity index (χ0n) is 15.0. The second kappa shape index (κ2) is 7.98. The number of hydrogen-bond donors (Lipinski definition) is 3. The molecule has 2 unspecified atom stereocenters. The summed E-state index contributed by atoms with van der Waals surface area (Å²) >= 11 is 0. The fraction of sp³-hybridized carbons (Fsp3) is 0.765. The number of aliphatic hydroxyl groups is 1. The van der Waals surface area contributed by atoms with E-state index in [0.29, 0.717) is 6.54 Å². The van der Waals surface area contributed by atoms with E-state index in [0.717, 1.165) is 19.4 Å². The fourth-order valence-electron chi connectivity index (χ4n) is 3.10. The van der Waals surface area contributed by atoms with Crippen molar-refractivity contribution in [3.05, 3.63) is 18.5 Å². The zero-order valence-corrected chi connectivity index (χ0v) is 15.0. The van der Waals surface area contributed by atoms with Gasteiger partial charge in [-0.05, 0) is 46.6 Å². The average molecular weight is 338 g/mol. The van der Waals surface area contributed by atoms with E-state index in [1.165, 1.54) is 0 Å². The zero-order chi connectivity index (χ0) is 17.7. The van der Waals surface area contributed by atoms with E-state index in [1.54, 1.807) is 6.20 Å². The summed E-state index contributed by atoms with van der Waals surface area (Å²) in [5.41, 5.74) is -0.510. The summed E-state index contributed by atoms with van der Waals surface area (Å²) in [5, 5.41) is 20.9. The summed E-state index contributed by atoms with van der Waals surface area (Å²) in [6.07, 6.45) is 4.55. The van der Waals surface area contributed by atoms with Gasteiger partial charge >= 0.3 is 6.09 Å². The van der Waals surface area contributed by atoms with Crippen molar-refractivity contribution in [2.24, 2.45) is 5.92 Å². The van der Waals surface area contributed by atoms with Crippen molar-refractivity contribution in [2.75, 3.05) is 6.54 Å². The number of alkyl carbamates (subject to hydrolysis) is 1. The largest absolute Gasteiger partial charge is 0.444 e. The topological polar surface area (TPSA) is 88.4 Å². The number of carbonyl (C=O) groups is 1. The van der Waals surface area contributed by atoms with Crippen LogP contribution in [0.5, 0.6) is 0 Å². The Morgan fingerprint density at radius 3 is 2.83 bits per heavy atom. The number of amides is 1. The quantitative estimate of drug-likeness (QED) is 0.732. The molecular weight excluding hydrogens is 308 g/mol. The van der Waals surface area contributed by atoms with Gasteiger partial charge in [0, 0.05) is 36.9 Å². The Labute approximate surface area is 143 Å². The SMILES string of the molecule is CC(Cn1cccn1)NC1CC[C@@H](CNC(=O)OC(C)(C)C)[C@H]1O. The third-order valence-electron chi connectivity index (χ3n) is 4.17. The lowest BCUT2D eigenvalue weighted by atomic mass is 10.0. The summed E-state index contributed by atoms with van der Waals surface area (Å²) in [6, 6.07) is 2.15. The van der Waals surface area contributed by atoms with Crippen LogP contribution in [0.3, 0.4) is 0 Å². The molecule has 0 aromatic carbocycles. The van der Waals surface area contributed by atoms with Crippen LogP contribution in [-0.4, -0.2) is 51.3 Å². The molecule has 1 fully saturated rings. The monoisotopic (exact) mass is 338 g/mol. The molecule has 136 valence electrons. The van der Waals surface area contributed by atoms with Gasteiger partial charge in [-0.1, -0.05) is 0 Å². The molecule has 2 rings (SSSR count). The molecule has 1 amide bonds. The number of ether oxygens (including phenoxy) is 1. The van der Waals surface area contributed by atoms with Crippen LogP contribution >= 0.6 is 0 Å². The molecule has 0 saturated heterocycles. The molecular formula is C17H30N4O3. The fourth-order valence-corrected chi connectivity index (χ4v) is 3.10. The molecule has 1 aliphatic carbocycles. The molecule has 0 spiro atoms. The second-order valence-corrected chi connectivity index (χ2v) is 7.61. The first-order chi connectivity index (χ1) is 11.2. The maximum atomic E-state index is 11.7. The number of nitrogens with zero attached hydrogens (tertiary/aromatic N) is 2. The van der Waals surface area contributed by atoms with Gasteiger partial charge in [0.15, 0.2) is 0 Å². The molecule has 4 atom stereocenters. The van der Waals surface area contributed by atoms with Crippen molar-refractivity contribution in [1.82, 2.24) is 20.4 Å². The van der Waals surface area contributed by atoms with E-state index >= 15 is 0 Å². The van der Waals surface area contributed by atoms with Gasteiger partial charge in [-0.15, -0.1) is 0 Å². The molecule has 1 heterocycles. The summed E-state index contributed by atoms with van der Waals surface area (Å²) in [5.74, 6) is 0.0481. The van der Waals surface area contributed by atoms with E-state index in [4.69, 9.17) is 4.74 Å². The Kier molecular flexibility index (Phi) is 6.23. The highest BCUT2D eigenvalue weighted by Gasteiger charge is 2.35. The number of carbonyl (C=O) groups excluding carboxylic acids is 1. The lowest BCUT2D eigenvalue weighted by Crippen LogP contribution is -2.46. The molecule has 1 aromatic heterocycles. The van der Waals surface area contributed by atoms with E-state index in [2.05, 4.69) is 22.7 Å². The van der Waals surface area contributed by atoms with Crippen molar-refractivity contribution in [1.29, 1.82) is 0 Å². The second-order valence-electron chi connectivity index (χ2n) is 7.61. The van der Waals surface area contributed by atoms with E-state index < -0.39 is 17.8 Å². The summed E-state index contributed by atoms with van der Waals surface area (Å²) in [6.45, 7) is 8.77. The molecule has 24 heavy (non-hydrogen) atoms. The first-order valence-corrected chi connectivity index (χ1v) is 8.63. The van der Waals surface area contributed by atoms with E-state index in [-0.39, 0.29) is 18.0 Å². The molecule has 1 aromatic rings. The predicted molar refractivity (Wildman–Crippen MR) is 91.6 cm³/mol. The Morgan fingerprint density at radius 2 is 2.21 bits per heavy atom. The third kappa shape index (κ3) is 5.79. The summed E-state index contributed by atoms with van der Waals surface area (Å²) < 4.78 is 7.10. The lowest BCUT2D eigenvalue weighted by molar-refractivity contribution is 0.0488. The molecule has 0 bridgehead atoms. The number of hydrogen-bond acceptors (Lipinski definition) is 5. The standard InChI is InChI=1S/C17H30N4O3/c1-12(11-21-9-5-8-19-21)20-14-7-6-13(15(14)22)10-18-16(23)24-17(2,3)4/h5,8-9,12-15,20,22H,6-7,10-11H2,1-4H3,(H,18,23)/t12?,13-,14?,15+/m0/s1. The van der Waals surface area contributed by atoms with Crippen molar-refractivity contribution < 1.29 is 14.6 Å². The van der Waals surface area contributed by atoms with Gasteiger partial charge in [0.2, 0.25) is 0 Å². The maximum Gasteiger partial charge on any atom is 0.407 e. The number of rotatable bonds is 6. The molecule has 7 nitrogen and oxygen atoms in total. The van der Waals surface area contributed by atoms with Crippen LogP contribution in [0, 0.1) is 5.92 Å². The van der Waals surface area contributed by atoms with Crippen LogP contribution in [0.2, 0.25) is 0 Å². The van der Waals surface area contributed by atoms with Crippen LogP contribution in [0.25, 0.3) is 0 Å². The highest BCUT2D eigenvalue weighted by Crippen LogP contribution is 2.26. The maximum absolute atomic E-state index is 11.7. The van der Waals surface area contributed by atoms with Crippen molar-refractivity contribution in [3.8, 4) is 0 Å². The Morgan fingerprint density at radius 1 is 1.46 bits per heavy atom. The summed E-state index contributed by atoms with van der Waals surface area (Å²) in [4.78, 5) is 11.7. The molecule has 1 aliphatic rings. The highest BCUT2D eigenvalue weighted by molar-refractivity contribution is 5.67. The van der Waals surface area contributed by atoms with Gasteiger partial charge in [0.25, 0.3) is 0 Å².